The Balaban J connectivity index is 2.00. The Kier molecular flexibility index (Phi) is 2.68. The molecule has 2 heterocycles. The van der Waals surface area contributed by atoms with Crippen LogP contribution in [0, 0.1) is 5.92 Å². The van der Waals surface area contributed by atoms with Crippen LogP contribution in [0.3, 0.4) is 0 Å². The zero-order valence-electron chi connectivity index (χ0n) is 9.32. The number of piperidine rings is 1. The van der Waals surface area contributed by atoms with Gasteiger partial charge < -0.3 is 10.6 Å². The third-order valence-electron chi connectivity index (χ3n) is 4.01. The summed E-state index contributed by atoms with van der Waals surface area (Å²) in [5, 5.41) is 0. The zero-order chi connectivity index (χ0) is 11.1. The highest BCUT2D eigenvalue weighted by Crippen LogP contribution is 2.43. The second kappa shape index (κ2) is 4.04. The van der Waals surface area contributed by atoms with E-state index >= 15 is 0 Å². The first-order valence-electron chi connectivity index (χ1n) is 6.05. The molecule has 0 aliphatic carbocycles. The Bertz CT molecular complexity index is 405. The Labute approximate surface area is 105 Å². The molecule has 2 aliphatic heterocycles. The fourth-order valence-electron chi connectivity index (χ4n) is 3.24. The average molecular weight is 281 g/mol. The van der Waals surface area contributed by atoms with Crippen LogP contribution in [0.1, 0.15) is 18.4 Å². The van der Waals surface area contributed by atoms with Crippen molar-refractivity contribution in [3.63, 3.8) is 0 Å². The van der Waals surface area contributed by atoms with Crippen molar-refractivity contribution in [1.82, 2.24) is 0 Å². The van der Waals surface area contributed by atoms with Gasteiger partial charge >= 0.3 is 0 Å². The van der Waals surface area contributed by atoms with Crippen molar-refractivity contribution in [1.29, 1.82) is 0 Å². The first kappa shape index (κ1) is 10.6. The summed E-state index contributed by atoms with van der Waals surface area (Å²) in [6.45, 7) is 2.02. The molecule has 0 radical (unpaired) electrons. The van der Waals surface area contributed by atoms with Gasteiger partial charge in [-0.3, -0.25) is 0 Å². The van der Waals surface area contributed by atoms with Gasteiger partial charge in [0.05, 0.1) is 5.69 Å². The minimum Gasteiger partial charge on any atom is -0.367 e. The molecule has 0 bridgehead atoms. The van der Waals surface area contributed by atoms with Gasteiger partial charge in [0.1, 0.15) is 0 Å². The highest BCUT2D eigenvalue weighted by molar-refractivity contribution is 9.10. The van der Waals surface area contributed by atoms with Gasteiger partial charge in [-0.1, -0.05) is 12.1 Å². The second-order valence-electron chi connectivity index (χ2n) is 4.85. The number of para-hydroxylation sites is 1. The number of halogens is 1. The normalized spacial score (nSPS) is 27.8. The second-order valence-corrected chi connectivity index (χ2v) is 5.70. The quantitative estimate of drug-likeness (QED) is 0.857. The topological polar surface area (TPSA) is 29.3 Å². The third kappa shape index (κ3) is 1.49. The molecule has 2 N–H and O–H groups in total. The third-order valence-corrected chi connectivity index (χ3v) is 4.65. The molecule has 0 amide bonds. The van der Waals surface area contributed by atoms with E-state index < -0.39 is 0 Å². The number of nitrogens with zero attached hydrogens (tertiary/aromatic N) is 1. The van der Waals surface area contributed by atoms with Gasteiger partial charge in [-0.25, -0.2) is 0 Å². The zero-order valence-corrected chi connectivity index (χ0v) is 10.9. The van der Waals surface area contributed by atoms with Gasteiger partial charge in [0.2, 0.25) is 0 Å². The lowest BCUT2D eigenvalue weighted by atomic mass is 9.89. The summed E-state index contributed by atoms with van der Waals surface area (Å²) < 4.78 is 1.24. The molecule has 0 aromatic heterocycles. The molecule has 1 fully saturated rings. The van der Waals surface area contributed by atoms with E-state index in [0.717, 1.165) is 6.54 Å². The van der Waals surface area contributed by atoms with E-state index in [0.29, 0.717) is 12.0 Å². The van der Waals surface area contributed by atoms with Crippen molar-refractivity contribution >= 4 is 21.6 Å². The van der Waals surface area contributed by atoms with Crippen molar-refractivity contribution in [2.45, 2.75) is 25.3 Å². The first-order valence-corrected chi connectivity index (χ1v) is 6.84. The van der Waals surface area contributed by atoms with E-state index in [9.17, 15) is 0 Å². The van der Waals surface area contributed by atoms with E-state index in [1.807, 2.05) is 0 Å². The maximum absolute atomic E-state index is 5.89. The maximum Gasteiger partial charge on any atom is 0.0546 e. The number of benzene rings is 1. The van der Waals surface area contributed by atoms with Crippen LogP contribution in [0.4, 0.5) is 5.69 Å². The van der Waals surface area contributed by atoms with Crippen molar-refractivity contribution in [3.05, 3.63) is 28.2 Å². The Morgan fingerprint density at radius 3 is 3.12 bits per heavy atom. The van der Waals surface area contributed by atoms with Gasteiger partial charge in [-0.2, -0.15) is 0 Å². The molecule has 2 aliphatic rings. The van der Waals surface area contributed by atoms with Crippen LogP contribution in [-0.2, 0) is 6.42 Å². The van der Waals surface area contributed by atoms with E-state index in [-0.39, 0.29) is 0 Å². The van der Waals surface area contributed by atoms with Crippen LogP contribution < -0.4 is 10.6 Å². The average Bonchev–Trinajstić information content (AvgIpc) is 2.68. The SMILES string of the molecule is NCC1CCCN2c3c(Br)cccc3CC12. The fourth-order valence-corrected chi connectivity index (χ4v) is 3.87. The number of anilines is 1. The summed E-state index contributed by atoms with van der Waals surface area (Å²) in [5.74, 6) is 0.674. The van der Waals surface area contributed by atoms with Gasteiger partial charge in [-0.15, -0.1) is 0 Å². The molecule has 86 valence electrons. The van der Waals surface area contributed by atoms with Gasteiger partial charge in [0.25, 0.3) is 0 Å². The number of fused-ring (bicyclic) bond motifs is 3. The predicted molar refractivity (Wildman–Crippen MR) is 70.8 cm³/mol. The molecule has 1 aromatic carbocycles. The van der Waals surface area contributed by atoms with Crippen LogP contribution >= 0.6 is 15.9 Å². The van der Waals surface area contributed by atoms with Crippen LogP contribution in [-0.4, -0.2) is 19.1 Å². The smallest absolute Gasteiger partial charge is 0.0546 e. The molecule has 2 unspecified atom stereocenters. The van der Waals surface area contributed by atoms with E-state index in [1.54, 1.807) is 0 Å². The first-order chi connectivity index (χ1) is 7.81. The van der Waals surface area contributed by atoms with E-state index in [1.165, 1.54) is 41.5 Å². The monoisotopic (exact) mass is 280 g/mol. The van der Waals surface area contributed by atoms with E-state index in [2.05, 4.69) is 39.0 Å². The van der Waals surface area contributed by atoms with Crippen molar-refractivity contribution < 1.29 is 0 Å². The van der Waals surface area contributed by atoms with E-state index in [4.69, 9.17) is 5.73 Å². The molecule has 1 aromatic rings. The van der Waals surface area contributed by atoms with Crippen LogP contribution in [0.25, 0.3) is 0 Å². The molecule has 2 nitrogen and oxygen atoms in total. The van der Waals surface area contributed by atoms with Gasteiger partial charge in [0.15, 0.2) is 0 Å². The molecule has 0 spiro atoms. The Morgan fingerprint density at radius 1 is 1.44 bits per heavy atom. The summed E-state index contributed by atoms with van der Waals surface area (Å²) in [6, 6.07) is 7.19. The lowest BCUT2D eigenvalue weighted by Crippen LogP contribution is -2.45. The summed E-state index contributed by atoms with van der Waals surface area (Å²) in [4.78, 5) is 2.57. The molecule has 0 saturated carbocycles. The van der Waals surface area contributed by atoms with Crippen LogP contribution in [0.2, 0.25) is 0 Å². The Morgan fingerprint density at radius 2 is 2.31 bits per heavy atom. The number of rotatable bonds is 1. The number of hydrogen-bond donors (Lipinski definition) is 1. The van der Waals surface area contributed by atoms with Gasteiger partial charge in [0, 0.05) is 17.1 Å². The molecule has 3 rings (SSSR count). The fraction of sp³-hybridized carbons (Fsp3) is 0.538. The number of nitrogens with two attached hydrogens (primary N) is 1. The molecular weight excluding hydrogens is 264 g/mol. The maximum atomic E-state index is 5.89. The summed E-state index contributed by atoms with van der Waals surface area (Å²) in [6.07, 6.45) is 3.75. The largest absolute Gasteiger partial charge is 0.367 e. The summed E-state index contributed by atoms with van der Waals surface area (Å²) in [5.41, 5.74) is 8.80. The van der Waals surface area contributed by atoms with Crippen molar-refractivity contribution in [2.75, 3.05) is 18.0 Å². The molecular formula is C13H17BrN2. The lowest BCUT2D eigenvalue weighted by Gasteiger charge is -2.38. The van der Waals surface area contributed by atoms with Crippen LogP contribution in [0.5, 0.6) is 0 Å². The minimum absolute atomic E-state index is 0.646. The molecule has 2 atom stereocenters. The minimum atomic E-state index is 0.646. The molecule has 1 saturated heterocycles. The van der Waals surface area contributed by atoms with Crippen molar-refractivity contribution in [2.24, 2.45) is 11.7 Å². The van der Waals surface area contributed by atoms with Gasteiger partial charge in [-0.05, 0) is 59.3 Å². The standard InChI is InChI=1S/C13H17BrN2/c14-11-5-1-3-9-7-12-10(8-15)4-2-6-16(12)13(9)11/h1,3,5,10,12H,2,4,6-8,15H2. The highest BCUT2D eigenvalue weighted by atomic mass is 79.9. The number of hydrogen-bond acceptors (Lipinski definition) is 2. The highest BCUT2D eigenvalue weighted by Gasteiger charge is 2.37. The summed E-state index contributed by atoms with van der Waals surface area (Å²) in [7, 11) is 0. The lowest BCUT2D eigenvalue weighted by molar-refractivity contribution is 0.339. The van der Waals surface area contributed by atoms with Crippen molar-refractivity contribution in [3.8, 4) is 0 Å². The molecule has 3 heteroatoms. The molecule has 16 heavy (non-hydrogen) atoms. The Hall–Kier alpha value is -0.540. The predicted octanol–water partition coefficient (Wildman–Crippen LogP) is 2.55. The summed E-state index contributed by atoms with van der Waals surface area (Å²) >= 11 is 3.68. The van der Waals surface area contributed by atoms with Crippen LogP contribution in [0.15, 0.2) is 22.7 Å².